The van der Waals surface area contributed by atoms with Crippen molar-refractivity contribution in [3.05, 3.63) is 59.5 Å². The Kier molecular flexibility index (Phi) is 4.79. The number of nitrogens with zero attached hydrogens (tertiary/aromatic N) is 5. The summed E-state index contributed by atoms with van der Waals surface area (Å²) in [6, 6.07) is 6.78. The summed E-state index contributed by atoms with van der Waals surface area (Å²) in [5, 5.41) is 5.64. The highest BCUT2D eigenvalue weighted by molar-refractivity contribution is 6.10. The minimum absolute atomic E-state index is 0.303. The maximum absolute atomic E-state index is 13.1. The molecule has 160 valence electrons. The van der Waals surface area contributed by atoms with E-state index in [0.29, 0.717) is 28.0 Å². The number of anilines is 1. The van der Waals surface area contributed by atoms with E-state index in [1.807, 2.05) is 0 Å². The first kappa shape index (κ1) is 20.6. The lowest BCUT2D eigenvalue weighted by molar-refractivity contribution is -0.137. The average molecular weight is 428 g/mol. The highest BCUT2D eigenvalue weighted by Crippen LogP contribution is 2.31. The van der Waals surface area contributed by atoms with Gasteiger partial charge in [-0.3, -0.25) is 14.5 Å². The van der Waals surface area contributed by atoms with Gasteiger partial charge in [-0.15, -0.1) is 0 Å². The van der Waals surface area contributed by atoms with Crippen molar-refractivity contribution in [3.8, 4) is 0 Å². The van der Waals surface area contributed by atoms with Gasteiger partial charge < -0.3 is 10.6 Å². The Labute approximate surface area is 175 Å². The third-order valence-corrected chi connectivity index (χ3v) is 5.40. The SMILES string of the molecule is C[C@@H](c1ccc(C(F)(F)F)cn1)N(C)C(=O)c1ccc2nc(N)c3cnn(C)c3c2c1. The molecule has 1 amide bonds. The molecule has 10 heteroatoms. The van der Waals surface area contributed by atoms with Gasteiger partial charge in [-0.1, -0.05) is 0 Å². The third-order valence-electron chi connectivity index (χ3n) is 5.40. The van der Waals surface area contributed by atoms with Crippen LogP contribution in [0.25, 0.3) is 21.8 Å². The molecule has 0 aliphatic heterocycles. The number of hydrogen-bond donors (Lipinski definition) is 1. The maximum Gasteiger partial charge on any atom is 0.417 e. The van der Waals surface area contributed by atoms with E-state index in [1.165, 1.54) is 11.0 Å². The van der Waals surface area contributed by atoms with E-state index in [9.17, 15) is 18.0 Å². The maximum atomic E-state index is 13.1. The van der Waals surface area contributed by atoms with Crippen LogP contribution in [0.1, 0.15) is 34.6 Å². The molecule has 1 atom stereocenters. The van der Waals surface area contributed by atoms with Crippen LogP contribution in [-0.4, -0.2) is 37.6 Å². The Morgan fingerprint density at radius 3 is 2.55 bits per heavy atom. The van der Waals surface area contributed by atoms with Gasteiger partial charge in [0, 0.05) is 31.2 Å². The van der Waals surface area contributed by atoms with Crippen LogP contribution in [0.4, 0.5) is 19.0 Å². The number of fused-ring (bicyclic) bond motifs is 3. The van der Waals surface area contributed by atoms with Gasteiger partial charge in [0.1, 0.15) is 5.82 Å². The van der Waals surface area contributed by atoms with Gasteiger partial charge >= 0.3 is 6.18 Å². The number of nitrogen functional groups attached to an aromatic ring is 1. The summed E-state index contributed by atoms with van der Waals surface area (Å²) in [7, 11) is 3.36. The Hall–Kier alpha value is -3.69. The van der Waals surface area contributed by atoms with Gasteiger partial charge in [-0.05, 0) is 37.3 Å². The van der Waals surface area contributed by atoms with Crippen LogP contribution in [0.2, 0.25) is 0 Å². The minimum Gasteiger partial charge on any atom is -0.383 e. The first-order valence-electron chi connectivity index (χ1n) is 9.39. The highest BCUT2D eigenvalue weighted by atomic mass is 19.4. The minimum atomic E-state index is -4.46. The fourth-order valence-corrected chi connectivity index (χ4v) is 3.49. The first-order valence-corrected chi connectivity index (χ1v) is 9.39. The van der Waals surface area contributed by atoms with Crippen LogP contribution in [0.15, 0.2) is 42.7 Å². The fraction of sp³-hybridized carbons (Fsp3) is 0.238. The summed E-state index contributed by atoms with van der Waals surface area (Å²) >= 11 is 0. The van der Waals surface area contributed by atoms with Crippen LogP contribution < -0.4 is 5.73 Å². The fourth-order valence-electron chi connectivity index (χ4n) is 3.49. The van der Waals surface area contributed by atoms with Crippen molar-refractivity contribution in [3.63, 3.8) is 0 Å². The molecule has 1 aromatic carbocycles. The summed E-state index contributed by atoms with van der Waals surface area (Å²) in [5.74, 6) is 0.0528. The molecule has 0 fully saturated rings. The number of pyridine rings is 2. The highest BCUT2D eigenvalue weighted by Gasteiger charge is 2.31. The van der Waals surface area contributed by atoms with Crippen LogP contribution in [0, 0.1) is 0 Å². The largest absolute Gasteiger partial charge is 0.417 e. The van der Waals surface area contributed by atoms with Gasteiger partial charge in [0.2, 0.25) is 0 Å². The van der Waals surface area contributed by atoms with Gasteiger partial charge in [0.05, 0.1) is 39.9 Å². The molecule has 3 heterocycles. The molecule has 31 heavy (non-hydrogen) atoms. The predicted octanol–water partition coefficient (Wildman–Crippen LogP) is 3.95. The molecule has 0 bridgehead atoms. The Morgan fingerprint density at radius 1 is 1.16 bits per heavy atom. The van der Waals surface area contributed by atoms with Crippen LogP contribution in [-0.2, 0) is 13.2 Å². The lowest BCUT2D eigenvalue weighted by Crippen LogP contribution is -2.30. The van der Waals surface area contributed by atoms with Gasteiger partial charge in [-0.25, -0.2) is 4.98 Å². The molecule has 0 saturated heterocycles. The number of nitrogens with two attached hydrogens (primary N) is 1. The lowest BCUT2D eigenvalue weighted by atomic mass is 10.1. The van der Waals surface area contributed by atoms with Gasteiger partial charge in [0.15, 0.2) is 0 Å². The Balaban J connectivity index is 1.67. The van der Waals surface area contributed by atoms with Gasteiger partial charge in [0.25, 0.3) is 5.91 Å². The number of rotatable bonds is 3. The van der Waals surface area contributed by atoms with E-state index in [0.717, 1.165) is 23.2 Å². The molecule has 0 aliphatic carbocycles. The number of alkyl halides is 3. The number of hydrogen-bond acceptors (Lipinski definition) is 5. The molecule has 7 nitrogen and oxygen atoms in total. The predicted molar refractivity (Wildman–Crippen MR) is 110 cm³/mol. The lowest BCUT2D eigenvalue weighted by Gasteiger charge is -2.25. The quantitative estimate of drug-likeness (QED) is 0.534. The number of carbonyl (C=O) groups excluding carboxylic acids is 1. The zero-order valence-electron chi connectivity index (χ0n) is 17.0. The first-order chi connectivity index (χ1) is 14.6. The third kappa shape index (κ3) is 3.54. The van der Waals surface area contributed by atoms with Crippen LogP contribution >= 0.6 is 0 Å². The normalized spacial score (nSPS) is 13.0. The molecule has 3 aromatic heterocycles. The van der Waals surface area contributed by atoms with Crippen molar-refractivity contribution >= 4 is 33.5 Å². The van der Waals surface area contributed by atoms with E-state index in [-0.39, 0.29) is 5.91 Å². The van der Waals surface area contributed by atoms with Crippen molar-refractivity contribution in [2.24, 2.45) is 7.05 Å². The smallest absolute Gasteiger partial charge is 0.383 e. The van der Waals surface area contributed by atoms with Crippen molar-refractivity contribution in [1.82, 2.24) is 24.6 Å². The van der Waals surface area contributed by atoms with E-state index >= 15 is 0 Å². The molecule has 0 unspecified atom stereocenters. The number of aryl methyl sites for hydroxylation is 1. The summed E-state index contributed by atoms with van der Waals surface area (Å²) in [6.45, 7) is 1.70. The second-order valence-electron chi connectivity index (χ2n) is 7.32. The summed E-state index contributed by atoms with van der Waals surface area (Å²) in [6.07, 6.45) is -2.07. The second-order valence-corrected chi connectivity index (χ2v) is 7.32. The molecular formula is C21H19F3N6O. The molecule has 0 saturated carbocycles. The summed E-state index contributed by atoms with van der Waals surface area (Å²) in [4.78, 5) is 22.8. The Bertz CT molecular complexity index is 1300. The molecule has 2 N–H and O–H groups in total. The second kappa shape index (κ2) is 7.22. The average Bonchev–Trinajstić information content (AvgIpc) is 3.14. The molecular weight excluding hydrogens is 409 g/mol. The van der Waals surface area contributed by atoms with Gasteiger partial charge in [-0.2, -0.15) is 18.3 Å². The van der Waals surface area contributed by atoms with Crippen molar-refractivity contribution in [2.45, 2.75) is 19.1 Å². The zero-order chi connectivity index (χ0) is 22.5. The molecule has 0 aliphatic rings. The van der Waals surface area contributed by atoms with Crippen molar-refractivity contribution in [1.29, 1.82) is 0 Å². The number of amides is 1. The van der Waals surface area contributed by atoms with E-state index in [1.54, 1.807) is 50.1 Å². The zero-order valence-corrected chi connectivity index (χ0v) is 17.0. The number of aromatic nitrogens is 4. The Morgan fingerprint density at radius 2 is 1.90 bits per heavy atom. The number of carbonyl (C=O) groups is 1. The molecule has 4 aromatic rings. The standard InChI is InChI=1S/C21H19F3N6O/c1-11(16-7-5-13(9-26-16)21(22,23)24)29(2)20(31)12-4-6-17-14(8-12)18-15(19(25)28-17)10-27-30(18)3/h4-11H,1-3H3,(H2,25,28)/t11-/m0/s1. The van der Waals surface area contributed by atoms with Crippen molar-refractivity contribution < 1.29 is 18.0 Å². The van der Waals surface area contributed by atoms with E-state index in [4.69, 9.17) is 5.73 Å². The molecule has 4 rings (SSSR count). The van der Waals surface area contributed by atoms with Crippen LogP contribution in [0.3, 0.4) is 0 Å². The monoisotopic (exact) mass is 428 g/mol. The van der Waals surface area contributed by atoms with Crippen molar-refractivity contribution in [2.75, 3.05) is 12.8 Å². The van der Waals surface area contributed by atoms with Crippen LogP contribution in [0.5, 0.6) is 0 Å². The number of halogens is 3. The van der Waals surface area contributed by atoms with E-state index < -0.39 is 17.8 Å². The summed E-state index contributed by atoms with van der Waals surface area (Å²) in [5.41, 5.74) is 7.32. The topological polar surface area (TPSA) is 89.9 Å². The molecule has 0 spiro atoms. The summed E-state index contributed by atoms with van der Waals surface area (Å²) < 4.78 is 40.0. The number of benzene rings is 1. The van der Waals surface area contributed by atoms with E-state index in [2.05, 4.69) is 15.1 Å². The molecule has 0 radical (unpaired) electrons.